The summed E-state index contributed by atoms with van der Waals surface area (Å²) in [5.41, 5.74) is 8.00. The zero-order chi connectivity index (χ0) is 14.5. The highest BCUT2D eigenvalue weighted by molar-refractivity contribution is 7.99. The number of halogens is 1. The van der Waals surface area contributed by atoms with E-state index in [0.717, 1.165) is 21.8 Å². The fourth-order valence-corrected chi connectivity index (χ4v) is 3.02. The first-order chi connectivity index (χ1) is 9.60. The summed E-state index contributed by atoms with van der Waals surface area (Å²) in [5.74, 6) is 1.08. The van der Waals surface area contributed by atoms with Gasteiger partial charge < -0.3 is 11.1 Å². The number of rotatable bonds is 5. The van der Waals surface area contributed by atoms with E-state index in [2.05, 4.69) is 10.3 Å². The van der Waals surface area contributed by atoms with Crippen molar-refractivity contribution >= 4 is 17.6 Å². The number of aromatic nitrogens is 1. The standard InChI is InChI=1S/C15H18FN3S/c1-10-6-13(15(17)19-8-10)14(18-2)9-20-12-5-3-4-11(16)7-12/h3-8,14,18H,9H2,1-2H3,(H2,17,19). The van der Waals surface area contributed by atoms with Crippen LogP contribution in [0.2, 0.25) is 0 Å². The minimum atomic E-state index is -0.215. The Morgan fingerprint density at radius 3 is 2.90 bits per heavy atom. The number of hydrogen-bond donors (Lipinski definition) is 2. The average Bonchev–Trinajstić information content (AvgIpc) is 2.43. The second-order valence-corrected chi connectivity index (χ2v) is 5.69. The molecule has 0 saturated carbocycles. The lowest BCUT2D eigenvalue weighted by Gasteiger charge is -2.18. The molecule has 0 aliphatic heterocycles. The number of nitrogens with zero attached hydrogens (tertiary/aromatic N) is 1. The van der Waals surface area contributed by atoms with Gasteiger partial charge in [0.15, 0.2) is 0 Å². The predicted molar refractivity (Wildman–Crippen MR) is 82.3 cm³/mol. The van der Waals surface area contributed by atoms with E-state index in [1.54, 1.807) is 24.0 Å². The number of hydrogen-bond acceptors (Lipinski definition) is 4. The molecule has 20 heavy (non-hydrogen) atoms. The van der Waals surface area contributed by atoms with Crippen LogP contribution in [-0.2, 0) is 0 Å². The van der Waals surface area contributed by atoms with Gasteiger partial charge in [-0.05, 0) is 43.8 Å². The molecule has 0 fully saturated rings. The summed E-state index contributed by atoms with van der Waals surface area (Å²) in [4.78, 5) is 5.09. The minimum Gasteiger partial charge on any atom is -0.383 e. The van der Waals surface area contributed by atoms with Crippen molar-refractivity contribution in [1.82, 2.24) is 10.3 Å². The molecule has 3 nitrogen and oxygen atoms in total. The summed E-state index contributed by atoms with van der Waals surface area (Å²) in [6.07, 6.45) is 1.76. The van der Waals surface area contributed by atoms with Gasteiger partial charge in [0.25, 0.3) is 0 Å². The summed E-state index contributed by atoms with van der Waals surface area (Å²) in [7, 11) is 1.89. The Hall–Kier alpha value is -1.59. The van der Waals surface area contributed by atoms with Crippen molar-refractivity contribution in [3.63, 3.8) is 0 Å². The quantitative estimate of drug-likeness (QED) is 0.831. The van der Waals surface area contributed by atoms with Crippen LogP contribution < -0.4 is 11.1 Å². The maximum Gasteiger partial charge on any atom is 0.128 e. The third-order valence-electron chi connectivity index (χ3n) is 3.02. The van der Waals surface area contributed by atoms with Crippen LogP contribution in [0.4, 0.5) is 10.2 Å². The molecule has 1 atom stereocenters. The summed E-state index contributed by atoms with van der Waals surface area (Å²) in [6, 6.07) is 8.72. The summed E-state index contributed by atoms with van der Waals surface area (Å²) in [5, 5.41) is 3.24. The third-order valence-corrected chi connectivity index (χ3v) is 4.11. The van der Waals surface area contributed by atoms with Crippen LogP contribution in [0.3, 0.4) is 0 Å². The SMILES string of the molecule is CNC(CSc1cccc(F)c1)c1cc(C)cnc1N. The van der Waals surface area contributed by atoms with Crippen LogP contribution in [0.25, 0.3) is 0 Å². The van der Waals surface area contributed by atoms with Crippen LogP contribution in [0.15, 0.2) is 41.4 Å². The lowest BCUT2D eigenvalue weighted by atomic mass is 10.1. The molecule has 1 aromatic carbocycles. The predicted octanol–water partition coefficient (Wildman–Crippen LogP) is 3.16. The third kappa shape index (κ3) is 3.71. The molecule has 3 N–H and O–H groups in total. The molecule has 0 spiro atoms. The fourth-order valence-electron chi connectivity index (χ4n) is 1.95. The molecular formula is C15H18FN3S. The number of nitrogens with two attached hydrogens (primary N) is 1. The van der Waals surface area contributed by atoms with E-state index in [4.69, 9.17) is 5.73 Å². The molecule has 106 valence electrons. The first kappa shape index (κ1) is 14.8. The van der Waals surface area contributed by atoms with E-state index < -0.39 is 0 Å². The molecule has 1 aromatic heterocycles. The number of nitrogen functional groups attached to an aromatic ring is 1. The molecule has 2 rings (SSSR count). The van der Waals surface area contributed by atoms with Crippen LogP contribution in [0.5, 0.6) is 0 Å². The average molecular weight is 291 g/mol. The lowest BCUT2D eigenvalue weighted by molar-refractivity contribution is 0.624. The highest BCUT2D eigenvalue weighted by Crippen LogP contribution is 2.27. The summed E-state index contributed by atoms with van der Waals surface area (Å²) in [6.45, 7) is 1.99. The minimum absolute atomic E-state index is 0.0793. The van der Waals surface area contributed by atoms with Crippen molar-refractivity contribution < 1.29 is 4.39 Å². The van der Waals surface area contributed by atoms with Crippen molar-refractivity contribution in [3.8, 4) is 0 Å². The smallest absolute Gasteiger partial charge is 0.128 e. The van der Waals surface area contributed by atoms with Gasteiger partial charge in [-0.15, -0.1) is 11.8 Å². The van der Waals surface area contributed by atoms with Gasteiger partial charge in [-0.1, -0.05) is 6.07 Å². The number of aryl methyl sites for hydroxylation is 1. The second-order valence-electron chi connectivity index (χ2n) is 4.60. The summed E-state index contributed by atoms with van der Waals surface area (Å²) >= 11 is 1.59. The maximum absolute atomic E-state index is 13.2. The zero-order valence-electron chi connectivity index (χ0n) is 11.6. The number of thioether (sulfide) groups is 1. The van der Waals surface area contributed by atoms with Gasteiger partial charge in [0.2, 0.25) is 0 Å². The Morgan fingerprint density at radius 1 is 1.40 bits per heavy atom. The van der Waals surface area contributed by atoms with Gasteiger partial charge in [0, 0.05) is 28.5 Å². The molecule has 0 aliphatic rings. The van der Waals surface area contributed by atoms with E-state index in [1.807, 2.05) is 26.1 Å². The van der Waals surface area contributed by atoms with Crippen LogP contribution in [-0.4, -0.2) is 17.8 Å². The van der Waals surface area contributed by atoms with Gasteiger partial charge >= 0.3 is 0 Å². The number of pyridine rings is 1. The van der Waals surface area contributed by atoms with E-state index in [1.165, 1.54) is 12.1 Å². The van der Waals surface area contributed by atoms with Gasteiger partial charge in [-0.25, -0.2) is 9.37 Å². The topological polar surface area (TPSA) is 50.9 Å². The van der Waals surface area contributed by atoms with Gasteiger partial charge in [0.05, 0.1) is 0 Å². The van der Waals surface area contributed by atoms with Crippen LogP contribution in [0.1, 0.15) is 17.2 Å². The molecule has 5 heteroatoms. The van der Waals surface area contributed by atoms with Gasteiger partial charge in [-0.3, -0.25) is 0 Å². The monoisotopic (exact) mass is 291 g/mol. The number of nitrogens with one attached hydrogen (secondary N) is 1. The fraction of sp³-hybridized carbons (Fsp3) is 0.267. The highest BCUT2D eigenvalue weighted by Gasteiger charge is 2.14. The van der Waals surface area contributed by atoms with E-state index in [-0.39, 0.29) is 11.9 Å². The Bertz CT molecular complexity index is 589. The van der Waals surface area contributed by atoms with Gasteiger partial charge in [0.1, 0.15) is 11.6 Å². The van der Waals surface area contributed by atoms with E-state index >= 15 is 0 Å². The number of benzene rings is 1. The largest absolute Gasteiger partial charge is 0.383 e. The molecule has 2 aromatic rings. The van der Waals surface area contributed by atoms with Crippen molar-refractivity contribution in [2.75, 3.05) is 18.5 Å². The first-order valence-electron chi connectivity index (χ1n) is 6.38. The molecule has 1 heterocycles. The first-order valence-corrected chi connectivity index (χ1v) is 7.36. The van der Waals surface area contributed by atoms with Crippen molar-refractivity contribution in [3.05, 3.63) is 53.5 Å². The lowest BCUT2D eigenvalue weighted by Crippen LogP contribution is -2.20. The molecule has 1 unspecified atom stereocenters. The molecule has 0 saturated heterocycles. The molecule has 0 radical (unpaired) electrons. The van der Waals surface area contributed by atoms with Crippen LogP contribution >= 0.6 is 11.8 Å². The second kappa shape index (κ2) is 6.72. The molecular weight excluding hydrogens is 273 g/mol. The van der Waals surface area contributed by atoms with E-state index in [0.29, 0.717) is 5.82 Å². The van der Waals surface area contributed by atoms with E-state index in [9.17, 15) is 4.39 Å². The zero-order valence-corrected chi connectivity index (χ0v) is 12.4. The van der Waals surface area contributed by atoms with Gasteiger partial charge in [-0.2, -0.15) is 0 Å². The van der Waals surface area contributed by atoms with Crippen molar-refractivity contribution in [2.24, 2.45) is 0 Å². The highest BCUT2D eigenvalue weighted by atomic mass is 32.2. The molecule has 0 bridgehead atoms. The number of anilines is 1. The molecule has 0 aliphatic carbocycles. The van der Waals surface area contributed by atoms with Crippen molar-refractivity contribution in [2.45, 2.75) is 17.9 Å². The van der Waals surface area contributed by atoms with Crippen molar-refractivity contribution in [1.29, 1.82) is 0 Å². The maximum atomic E-state index is 13.2. The van der Waals surface area contributed by atoms with Crippen LogP contribution in [0, 0.1) is 12.7 Å². The Labute approximate surface area is 122 Å². The normalized spacial score (nSPS) is 12.3. The Kier molecular flexibility index (Phi) is 4.98. The Balaban J connectivity index is 2.11. The Morgan fingerprint density at radius 2 is 2.20 bits per heavy atom. The summed E-state index contributed by atoms with van der Waals surface area (Å²) < 4.78 is 13.2. The molecule has 0 amide bonds.